The van der Waals surface area contributed by atoms with Crippen molar-refractivity contribution >= 4 is 40.0 Å². The summed E-state index contributed by atoms with van der Waals surface area (Å²) in [6.45, 7) is 0.622. The van der Waals surface area contributed by atoms with Gasteiger partial charge in [-0.25, -0.2) is 0 Å². The van der Waals surface area contributed by atoms with E-state index in [0.29, 0.717) is 22.2 Å². The second-order valence-corrected chi connectivity index (χ2v) is 8.16. The quantitative estimate of drug-likeness (QED) is 0.407. The molecule has 2 heterocycles. The van der Waals surface area contributed by atoms with E-state index in [9.17, 15) is 4.79 Å². The van der Waals surface area contributed by atoms with Crippen molar-refractivity contribution in [1.29, 1.82) is 0 Å². The second-order valence-electron chi connectivity index (χ2n) is 7.28. The van der Waals surface area contributed by atoms with Gasteiger partial charge in [0, 0.05) is 38.8 Å². The Balaban J connectivity index is 1.66. The number of carbonyl (C=O) groups is 1. The van der Waals surface area contributed by atoms with E-state index in [2.05, 4.69) is 35.3 Å². The Bertz CT molecular complexity index is 1200. The van der Waals surface area contributed by atoms with Crippen molar-refractivity contribution in [3.63, 3.8) is 0 Å². The van der Waals surface area contributed by atoms with Crippen LogP contribution in [0.2, 0.25) is 10.0 Å². The molecule has 1 amide bonds. The minimum Gasteiger partial charge on any atom is -0.356 e. The summed E-state index contributed by atoms with van der Waals surface area (Å²) in [7, 11) is 0. The van der Waals surface area contributed by atoms with Crippen molar-refractivity contribution in [2.24, 2.45) is 0 Å². The van der Waals surface area contributed by atoms with E-state index >= 15 is 0 Å². The van der Waals surface area contributed by atoms with Crippen LogP contribution < -0.4 is 0 Å². The maximum absolute atomic E-state index is 13.5. The van der Waals surface area contributed by atoms with Gasteiger partial charge in [-0.05, 0) is 41.8 Å². The first kappa shape index (κ1) is 18.3. The van der Waals surface area contributed by atoms with Gasteiger partial charge in [-0.15, -0.1) is 0 Å². The monoisotopic (exact) mass is 420 g/mol. The highest BCUT2D eigenvalue weighted by Gasteiger charge is 2.35. The van der Waals surface area contributed by atoms with Gasteiger partial charge in [0.2, 0.25) is 0 Å². The molecule has 1 aliphatic heterocycles. The van der Waals surface area contributed by atoms with Crippen LogP contribution in [0.5, 0.6) is 0 Å². The highest BCUT2D eigenvalue weighted by molar-refractivity contribution is 6.35. The van der Waals surface area contributed by atoms with Crippen LogP contribution in [0, 0.1) is 0 Å². The maximum Gasteiger partial charge on any atom is 0.254 e. The van der Waals surface area contributed by atoms with E-state index in [0.717, 1.165) is 23.2 Å². The van der Waals surface area contributed by atoms with Gasteiger partial charge in [0.05, 0.1) is 6.04 Å². The molecule has 1 aliphatic rings. The number of fused-ring (bicyclic) bond motifs is 3. The summed E-state index contributed by atoms with van der Waals surface area (Å²) in [5.41, 5.74) is 5.02. The zero-order chi connectivity index (χ0) is 20.0. The summed E-state index contributed by atoms with van der Waals surface area (Å²) in [6, 6.07) is 23.2. The molecule has 0 radical (unpaired) electrons. The number of benzene rings is 3. The number of aromatic nitrogens is 1. The molecule has 4 aromatic rings. The van der Waals surface area contributed by atoms with Crippen LogP contribution in [-0.2, 0) is 6.42 Å². The van der Waals surface area contributed by atoms with E-state index in [-0.39, 0.29) is 11.9 Å². The number of rotatable bonds is 2. The van der Waals surface area contributed by atoms with Crippen LogP contribution in [0.4, 0.5) is 0 Å². The number of amides is 1. The van der Waals surface area contributed by atoms with Crippen LogP contribution >= 0.6 is 23.2 Å². The molecule has 3 nitrogen and oxygen atoms in total. The molecule has 3 aromatic carbocycles. The number of nitrogens with zero attached hydrogens (tertiary/aromatic N) is 1. The highest BCUT2D eigenvalue weighted by Crippen LogP contribution is 2.39. The van der Waals surface area contributed by atoms with Gasteiger partial charge >= 0.3 is 0 Å². The van der Waals surface area contributed by atoms with E-state index in [4.69, 9.17) is 23.2 Å². The zero-order valence-electron chi connectivity index (χ0n) is 15.5. The molecule has 0 fully saturated rings. The fourth-order valence-corrected chi connectivity index (χ4v) is 4.81. The van der Waals surface area contributed by atoms with E-state index in [1.807, 2.05) is 29.2 Å². The first-order chi connectivity index (χ1) is 14.1. The van der Waals surface area contributed by atoms with Gasteiger partial charge in [-0.3, -0.25) is 4.79 Å². The molecule has 1 unspecified atom stereocenters. The fourth-order valence-electron chi connectivity index (χ4n) is 4.28. The van der Waals surface area contributed by atoms with Gasteiger partial charge in [0.15, 0.2) is 0 Å². The van der Waals surface area contributed by atoms with Gasteiger partial charge in [-0.1, -0.05) is 71.7 Å². The number of hydrogen-bond donors (Lipinski definition) is 1. The number of hydrogen-bond acceptors (Lipinski definition) is 1. The predicted molar refractivity (Wildman–Crippen MR) is 118 cm³/mol. The minimum absolute atomic E-state index is 0.0763. The van der Waals surface area contributed by atoms with E-state index < -0.39 is 0 Å². The molecule has 144 valence electrons. The molecule has 0 saturated carbocycles. The smallest absolute Gasteiger partial charge is 0.254 e. The first-order valence-corrected chi connectivity index (χ1v) is 10.3. The lowest BCUT2D eigenvalue weighted by Crippen LogP contribution is -2.40. The number of para-hydroxylation sites is 1. The van der Waals surface area contributed by atoms with Crippen LogP contribution in [0.3, 0.4) is 0 Å². The Labute approximate surface area is 178 Å². The SMILES string of the molecule is O=C(c1cc(Cl)cc(Cl)c1)N1CCc2c([nH]c3ccccc23)C1c1ccccc1. The Morgan fingerprint density at radius 2 is 1.62 bits per heavy atom. The number of halogens is 2. The molecule has 0 saturated heterocycles. The molecule has 0 bridgehead atoms. The highest BCUT2D eigenvalue weighted by atomic mass is 35.5. The summed E-state index contributed by atoms with van der Waals surface area (Å²) in [6.07, 6.45) is 0.794. The van der Waals surface area contributed by atoms with Crippen molar-refractivity contribution in [3.8, 4) is 0 Å². The summed E-state index contributed by atoms with van der Waals surface area (Å²) < 4.78 is 0. The predicted octanol–water partition coefficient (Wildman–Crippen LogP) is 6.26. The third kappa shape index (κ3) is 3.21. The lowest BCUT2D eigenvalue weighted by molar-refractivity contribution is 0.0692. The Hall–Kier alpha value is -2.75. The fraction of sp³-hybridized carbons (Fsp3) is 0.125. The third-order valence-corrected chi connectivity index (χ3v) is 5.96. The molecule has 29 heavy (non-hydrogen) atoms. The van der Waals surface area contributed by atoms with E-state index in [1.165, 1.54) is 10.9 Å². The Kier molecular flexibility index (Phi) is 4.57. The Morgan fingerprint density at radius 3 is 2.38 bits per heavy atom. The van der Waals surface area contributed by atoms with Crippen molar-refractivity contribution in [2.75, 3.05) is 6.54 Å². The minimum atomic E-state index is -0.197. The number of H-pyrrole nitrogens is 1. The molecule has 1 atom stereocenters. The van der Waals surface area contributed by atoms with Gasteiger partial charge in [-0.2, -0.15) is 0 Å². The molecule has 1 aromatic heterocycles. The Morgan fingerprint density at radius 1 is 0.931 bits per heavy atom. The van der Waals surface area contributed by atoms with Crippen LogP contribution in [-0.4, -0.2) is 22.3 Å². The lowest BCUT2D eigenvalue weighted by atomic mass is 9.91. The maximum atomic E-state index is 13.5. The van der Waals surface area contributed by atoms with Crippen molar-refractivity contribution in [1.82, 2.24) is 9.88 Å². The van der Waals surface area contributed by atoms with Crippen LogP contribution in [0.1, 0.15) is 33.2 Å². The van der Waals surface area contributed by atoms with Gasteiger partial charge < -0.3 is 9.88 Å². The van der Waals surface area contributed by atoms with Crippen LogP contribution in [0.15, 0.2) is 72.8 Å². The van der Waals surface area contributed by atoms with Crippen molar-refractivity contribution in [2.45, 2.75) is 12.5 Å². The summed E-state index contributed by atoms with van der Waals surface area (Å²) in [5, 5.41) is 2.14. The average molecular weight is 421 g/mol. The standard InChI is InChI=1S/C24H18Cl2N2O/c25-17-12-16(13-18(26)14-17)24(29)28-11-10-20-19-8-4-5-9-21(19)27-22(20)23(28)15-6-2-1-3-7-15/h1-9,12-14,23,27H,10-11H2. The second kappa shape index (κ2) is 7.25. The summed E-state index contributed by atoms with van der Waals surface area (Å²) in [4.78, 5) is 19.0. The average Bonchev–Trinajstić information content (AvgIpc) is 3.11. The first-order valence-electron chi connectivity index (χ1n) is 9.53. The number of carbonyl (C=O) groups excluding carboxylic acids is 1. The van der Waals surface area contributed by atoms with Crippen LogP contribution in [0.25, 0.3) is 10.9 Å². The molecule has 5 heteroatoms. The molecular weight excluding hydrogens is 403 g/mol. The molecule has 0 aliphatic carbocycles. The van der Waals surface area contributed by atoms with Gasteiger partial charge in [0.25, 0.3) is 5.91 Å². The topological polar surface area (TPSA) is 36.1 Å². The largest absolute Gasteiger partial charge is 0.356 e. The molecule has 5 rings (SSSR count). The van der Waals surface area contributed by atoms with Gasteiger partial charge in [0.1, 0.15) is 0 Å². The normalized spacial score (nSPS) is 16.1. The number of aromatic amines is 1. The van der Waals surface area contributed by atoms with E-state index in [1.54, 1.807) is 18.2 Å². The molecular formula is C24H18Cl2N2O. The third-order valence-electron chi connectivity index (χ3n) is 5.52. The van der Waals surface area contributed by atoms with Crippen molar-refractivity contribution < 1.29 is 4.79 Å². The van der Waals surface area contributed by atoms with Crippen molar-refractivity contribution in [3.05, 3.63) is 105 Å². The lowest BCUT2D eigenvalue weighted by Gasteiger charge is -2.36. The number of nitrogens with one attached hydrogen (secondary N) is 1. The molecule has 1 N–H and O–H groups in total. The summed E-state index contributed by atoms with van der Waals surface area (Å²) >= 11 is 12.3. The molecule has 0 spiro atoms. The summed E-state index contributed by atoms with van der Waals surface area (Å²) in [5.74, 6) is -0.0763. The zero-order valence-corrected chi connectivity index (χ0v) is 17.0.